The van der Waals surface area contributed by atoms with Crippen molar-refractivity contribution in [3.63, 3.8) is 0 Å². The van der Waals surface area contributed by atoms with Crippen molar-refractivity contribution in [2.45, 2.75) is 24.3 Å². The van der Waals surface area contributed by atoms with E-state index in [1.165, 1.54) is 0 Å². The van der Waals surface area contributed by atoms with Crippen LogP contribution in [0.2, 0.25) is 0 Å². The second-order valence-electron chi connectivity index (χ2n) is 4.75. The van der Waals surface area contributed by atoms with Gasteiger partial charge in [0, 0.05) is 5.25 Å². The number of aryl methyl sites for hydroxylation is 1. The minimum absolute atomic E-state index is 0.126. The molecule has 0 saturated carbocycles. The molecule has 1 aliphatic heterocycles. The third-order valence-corrected chi connectivity index (χ3v) is 6.32. The molecule has 0 unspecified atom stereocenters. The van der Waals surface area contributed by atoms with Crippen LogP contribution in [0.15, 0.2) is 21.0 Å². The number of aromatic nitrogens is 2. The van der Waals surface area contributed by atoms with E-state index in [2.05, 4.69) is 10.2 Å². The Balaban J connectivity index is 1.61. The highest BCUT2D eigenvalue weighted by Gasteiger charge is 2.28. The average Bonchev–Trinajstić information content (AvgIpc) is 3.06. The molecule has 3 rings (SSSR count). The summed E-state index contributed by atoms with van der Waals surface area (Å²) in [6.45, 7) is 1.84. The summed E-state index contributed by atoms with van der Waals surface area (Å²) in [5.74, 6) is 3.23. The lowest BCUT2D eigenvalue weighted by atomic mass is 10.4. The molecule has 2 aromatic rings. The van der Waals surface area contributed by atoms with Crippen LogP contribution in [-0.4, -0.2) is 35.4 Å². The van der Waals surface area contributed by atoms with E-state index >= 15 is 0 Å². The molecule has 1 atom stereocenters. The second-order valence-corrected chi connectivity index (χ2v) is 8.26. The van der Waals surface area contributed by atoms with E-state index in [0.29, 0.717) is 29.7 Å². The summed E-state index contributed by atoms with van der Waals surface area (Å²) in [7, 11) is -2.84. The lowest BCUT2D eigenvalue weighted by molar-refractivity contribution is 0.484. The molecular formula is C12H14N2O4S2. The van der Waals surface area contributed by atoms with Crippen molar-refractivity contribution in [3.05, 3.63) is 23.8 Å². The van der Waals surface area contributed by atoms with E-state index < -0.39 is 9.84 Å². The van der Waals surface area contributed by atoms with Crippen molar-refractivity contribution in [1.82, 2.24) is 10.2 Å². The van der Waals surface area contributed by atoms with Gasteiger partial charge in [0.15, 0.2) is 15.6 Å². The van der Waals surface area contributed by atoms with Crippen molar-refractivity contribution < 1.29 is 17.3 Å². The summed E-state index contributed by atoms with van der Waals surface area (Å²) in [4.78, 5) is 0. The van der Waals surface area contributed by atoms with Gasteiger partial charge in [-0.15, -0.1) is 22.0 Å². The van der Waals surface area contributed by atoms with Gasteiger partial charge in [-0.1, -0.05) is 0 Å². The molecule has 0 spiro atoms. The zero-order valence-electron chi connectivity index (χ0n) is 10.9. The number of furan rings is 1. The highest BCUT2D eigenvalue weighted by Crippen LogP contribution is 2.28. The van der Waals surface area contributed by atoms with Gasteiger partial charge in [-0.25, -0.2) is 8.42 Å². The monoisotopic (exact) mass is 314 g/mol. The first-order valence-electron chi connectivity index (χ1n) is 6.23. The molecule has 1 aliphatic rings. The van der Waals surface area contributed by atoms with Crippen molar-refractivity contribution in [2.24, 2.45) is 0 Å². The van der Waals surface area contributed by atoms with Crippen LogP contribution in [0.1, 0.15) is 18.1 Å². The van der Waals surface area contributed by atoms with Crippen molar-refractivity contribution in [2.75, 3.05) is 11.5 Å². The molecule has 1 saturated heterocycles. The topological polar surface area (TPSA) is 86.2 Å². The summed E-state index contributed by atoms with van der Waals surface area (Å²) in [6.07, 6.45) is 0.700. The highest BCUT2D eigenvalue weighted by atomic mass is 32.2. The molecule has 3 heterocycles. The third kappa shape index (κ3) is 3.06. The Morgan fingerprint density at radius 2 is 2.20 bits per heavy atom. The Hall–Kier alpha value is -1.28. The maximum absolute atomic E-state index is 11.4. The quantitative estimate of drug-likeness (QED) is 0.853. The van der Waals surface area contributed by atoms with Crippen LogP contribution in [0.4, 0.5) is 0 Å². The van der Waals surface area contributed by atoms with Gasteiger partial charge in [-0.2, -0.15) is 0 Å². The van der Waals surface area contributed by atoms with Gasteiger partial charge in [0.2, 0.25) is 5.89 Å². The molecule has 0 radical (unpaired) electrons. The molecule has 1 fully saturated rings. The maximum atomic E-state index is 11.4. The van der Waals surface area contributed by atoms with Gasteiger partial charge in [0.05, 0.1) is 17.3 Å². The van der Waals surface area contributed by atoms with E-state index in [9.17, 15) is 8.42 Å². The minimum atomic E-state index is -2.84. The highest BCUT2D eigenvalue weighted by molar-refractivity contribution is 8.01. The zero-order valence-corrected chi connectivity index (χ0v) is 12.5. The lowest BCUT2D eigenvalue weighted by Gasteiger charge is -2.03. The molecule has 6 nitrogen and oxygen atoms in total. The Kier molecular flexibility index (Phi) is 3.59. The summed E-state index contributed by atoms with van der Waals surface area (Å²) >= 11 is 1.55. The van der Waals surface area contributed by atoms with Gasteiger partial charge in [0.25, 0.3) is 5.89 Å². The molecule has 20 heavy (non-hydrogen) atoms. The van der Waals surface area contributed by atoms with Gasteiger partial charge < -0.3 is 8.83 Å². The molecule has 0 aromatic carbocycles. The summed E-state index contributed by atoms with van der Waals surface area (Å²) in [6, 6.07) is 3.61. The Morgan fingerprint density at radius 3 is 2.85 bits per heavy atom. The zero-order chi connectivity index (χ0) is 14.2. The molecule has 2 aromatic heterocycles. The first kappa shape index (κ1) is 13.7. The number of hydrogen-bond donors (Lipinski definition) is 0. The van der Waals surface area contributed by atoms with Crippen LogP contribution in [0.3, 0.4) is 0 Å². The van der Waals surface area contributed by atoms with Crippen molar-refractivity contribution in [3.8, 4) is 11.7 Å². The fourth-order valence-corrected chi connectivity index (χ4v) is 5.52. The molecule has 0 aliphatic carbocycles. The predicted molar refractivity (Wildman–Crippen MR) is 75.1 cm³/mol. The first-order chi connectivity index (χ1) is 9.52. The van der Waals surface area contributed by atoms with E-state index in [1.807, 2.05) is 13.0 Å². The number of hydrogen-bond acceptors (Lipinski definition) is 7. The van der Waals surface area contributed by atoms with Crippen LogP contribution in [0, 0.1) is 6.92 Å². The van der Waals surface area contributed by atoms with Crippen LogP contribution in [-0.2, 0) is 15.6 Å². The Bertz CT molecular complexity index is 705. The standard InChI is InChI=1S/C12H14N2O4S2/c1-8-2-3-10(17-8)12-14-13-11(18-12)6-19-9-4-5-20(15,16)7-9/h2-3,9H,4-7H2,1H3/t9-/m1/s1. The molecule has 0 N–H and O–H groups in total. The summed E-state index contributed by atoms with van der Waals surface area (Å²) in [5, 5.41) is 8.01. The number of sulfone groups is 1. The smallest absolute Gasteiger partial charge is 0.283 e. The number of rotatable bonds is 4. The van der Waals surface area contributed by atoms with Gasteiger partial charge in [-0.05, 0) is 25.5 Å². The molecule has 0 amide bonds. The van der Waals surface area contributed by atoms with E-state index in [1.54, 1.807) is 17.8 Å². The second kappa shape index (κ2) is 5.25. The van der Waals surface area contributed by atoms with E-state index in [4.69, 9.17) is 8.83 Å². The molecular weight excluding hydrogens is 300 g/mol. The summed E-state index contributed by atoms with van der Waals surface area (Å²) in [5.41, 5.74) is 0. The van der Waals surface area contributed by atoms with Gasteiger partial charge in [-0.3, -0.25) is 0 Å². The normalized spacial score (nSPS) is 21.4. The van der Waals surface area contributed by atoms with Gasteiger partial charge in [0.1, 0.15) is 5.76 Å². The fraction of sp³-hybridized carbons (Fsp3) is 0.500. The van der Waals surface area contributed by atoms with Crippen LogP contribution in [0.5, 0.6) is 0 Å². The van der Waals surface area contributed by atoms with Crippen molar-refractivity contribution >= 4 is 21.6 Å². The predicted octanol–water partition coefficient (Wildman–Crippen LogP) is 2.06. The molecule has 8 heteroatoms. The Labute approximate surface area is 120 Å². The third-order valence-electron chi connectivity index (χ3n) is 3.05. The summed E-state index contributed by atoms with van der Waals surface area (Å²) < 4.78 is 33.6. The largest absolute Gasteiger partial charge is 0.456 e. The van der Waals surface area contributed by atoms with Crippen molar-refractivity contribution in [1.29, 1.82) is 0 Å². The lowest BCUT2D eigenvalue weighted by Crippen LogP contribution is -2.06. The van der Waals surface area contributed by atoms with E-state index in [-0.39, 0.29) is 16.8 Å². The number of nitrogens with zero attached hydrogens (tertiary/aromatic N) is 2. The van der Waals surface area contributed by atoms with Crippen LogP contribution in [0.25, 0.3) is 11.7 Å². The first-order valence-corrected chi connectivity index (χ1v) is 9.10. The molecule has 108 valence electrons. The van der Waals surface area contributed by atoms with E-state index in [0.717, 1.165) is 5.76 Å². The van der Waals surface area contributed by atoms with Gasteiger partial charge >= 0.3 is 0 Å². The maximum Gasteiger partial charge on any atom is 0.283 e. The molecule has 0 bridgehead atoms. The minimum Gasteiger partial charge on any atom is -0.456 e. The Morgan fingerprint density at radius 1 is 1.35 bits per heavy atom. The SMILES string of the molecule is Cc1ccc(-c2nnc(CS[C@@H]3CCS(=O)(=O)C3)o2)o1. The van der Waals surface area contributed by atoms with Crippen LogP contribution >= 0.6 is 11.8 Å². The average molecular weight is 314 g/mol. The van der Waals surface area contributed by atoms with Crippen LogP contribution < -0.4 is 0 Å². The number of thioether (sulfide) groups is 1. The fourth-order valence-electron chi connectivity index (χ4n) is 2.04.